The SMILES string of the molecule is CCCNCC(=Cc1ccc(N(C)C)cc1)C(C)C. The first-order valence-electron chi connectivity index (χ1n) is 7.23. The van der Waals surface area contributed by atoms with Crippen LogP contribution in [0, 0.1) is 5.92 Å². The number of nitrogens with zero attached hydrogens (tertiary/aromatic N) is 1. The van der Waals surface area contributed by atoms with E-state index in [0.29, 0.717) is 5.92 Å². The number of benzene rings is 1. The standard InChI is InChI=1S/C17H28N2/c1-6-11-18-13-16(14(2)3)12-15-7-9-17(10-8-15)19(4)5/h7-10,12,14,18H,6,11,13H2,1-5H3. The van der Waals surface area contributed by atoms with Crippen molar-refractivity contribution in [2.75, 3.05) is 32.1 Å². The molecule has 1 aromatic rings. The number of anilines is 1. The fourth-order valence-corrected chi connectivity index (χ4v) is 1.91. The molecule has 0 saturated carbocycles. The lowest BCUT2D eigenvalue weighted by Gasteiger charge is -2.14. The van der Waals surface area contributed by atoms with Crippen LogP contribution in [0.4, 0.5) is 5.69 Å². The average Bonchev–Trinajstić information content (AvgIpc) is 2.38. The van der Waals surface area contributed by atoms with Gasteiger partial charge < -0.3 is 10.2 Å². The molecule has 0 bridgehead atoms. The highest BCUT2D eigenvalue weighted by molar-refractivity contribution is 5.58. The van der Waals surface area contributed by atoms with Crippen molar-refractivity contribution in [2.24, 2.45) is 5.92 Å². The summed E-state index contributed by atoms with van der Waals surface area (Å²) in [7, 11) is 4.14. The van der Waals surface area contributed by atoms with Crippen molar-refractivity contribution in [1.29, 1.82) is 0 Å². The minimum atomic E-state index is 0.581. The van der Waals surface area contributed by atoms with Crippen molar-refractivity contribution >= 4 is 11.8 Å². The van der Waals surface area contributed by atoms with Crippen LogP contribution in [0.15, 0.2) is 29.8 Å². The lowest BCUT2D eigenvalue weighted by Crippen LogP contribution is -2.19. The van der Waals surface area contributed by atoms with Crippen molar-refractivity contribution in [2.45, 2.75) is 27.2 Å². The molecule has 0 aromatic heterocycles. The van der Waals surface area contributed by atoms with Gasteiger partial charge in [0.25, 0.3) is 0 Å². The Morgan fingerprint density at radius 3 is 2.32 bits per heavy atom. The summed E-state index contributed by atoms with van der Waals surface area (Å²) < 4.78 is 0. The lowest BCUT2D eigenvalue weighted by atomic mass is 10.00. The van der Waals surface area contributed by atoms with Gasteiger partial charge in [-0.05, 0) is 36.6 Å². The number of hydrogen-bond donors (Lipinski definition) is 1. The van der Waals surface area contributed by atoms with Gasteiger partial charge in [0.15, 0.2) is 0 Å². The molecule has 0 radical (unpaired) electrons. The van der Waals surface area contributed by atoms with Gasteiger partial charge >= 0.3 is 0 Å². The van der Waals surface area contributed by atoms with E-state index in [1.807, 2.05) is 0 Å². The summed E-state index contributed by atoms with van der Waals surface area (Å²) in [6, 6.07) is 8.72. The zero-order valence-electron chi connectivity index (χ0n) is 13.0. The van der Waals surface area contributed by atoms with Crippen molar-refractivity contribution < 1.29 is 0 Å². The second kappa shape index (κ2) is 8.00. The maximum atomic E-state index is 3.49. The third-order valence-corrected chi connectivity index (χ3v) is 3.26. The Balaban J connectivity index is 2.77. The lowest BCUT2D eigenvalue weighted by molar-refractivity contribution is 0.657. The molecule has 0 heterocycles. The van der Waals surface area contributed by atoms with E-state index < -0.39 is 0 Å². The van der Waals surface area contributed by atoms with Crippen molar-refractivity contribution in [3.8, 4) is 0 Å². The van der Waals surface area contributed by atoms with Gasteiger partial charge in [-0.25, -0.2) is 0 Å². The van der Waals surface area contributed by atoms with E-state index in [9.17, 15) is 0 Å². The first-order chi connectivity index (χ1) is 9.04. The van der Waals surface area contributed by atoms with Crippen LogP contribution in [0.2, 0.25) is 0 Å². The smallest absolute Gasteiger partial charge is 0.0361 e. The Hall–Kier alpha value is -1.28. The zero-order valence-corrected chi connectivity index (χ0v) is 13.0. The maximum Gasteiger partial charge on any atom is 0.0361 e. The first-order valence-corrected chi connectivity index (χ1v) is 7.23. The van der Waals surface area contributed by atoms with Crippen LogP contribution < -0.4 is 10.2 Å². The molecular weight excluding hydrogens is 232 g/mol. The van der Waals surface area contributed by atoms with Gasteiger partial charge in [0, 0.05) is 26.3 Å². The van der Waals surface area contributed by atoms with Gasteiger partial charge in [0.05, 0.1) is 0 Å². The zero-order chi connectivity index (χ0) is 14.3. The van der Waals surface area contributed by atoms with E-state index in [1.54, 1.807) is 0 Å². The largest absolute Gasteiger partial charge is 0.378 e. The summed E-state index contributed by atoms with van der Waals surface area (Å²) >= 11 is 0. The average molecular weight is 260 g/mol. The quantitative estimate of drug-likeness (QED) is 0.750. The van der Waals surface area contributed by atoms with Crippen LogP contribution >= 0.6 is 0 Å². The Morgan fingerprint density at radius 1 is 1.21 bits per heavy atom. The third kappa shape index (κ3) is 5.48. The summed E-state index contributed by atoms with van der Waals surface area (Å²) in [6.45, 7) is 8.79. The van der Waals surface area contributed by atoms with E-state index in [4.69, 9.17) is 0 Å². The highest BCUT2D eigenvalue weighted by Crippen LogP contribution is 2.17. The topological polar surface area (TPSA) is 15.3 Å². The molecule has 19 heavy (non-hydrogen) atoms. The normalized spacial score (nSPS) is 12.0. The molecule has 0 unspecified atom stereocenters. The van der Waals surface area contributed by atoms with Gasteiger partial charge in [0.2, 0.25) is 0 Å². The molecule has 0 aliphatic carbocycles. The monoisotopic (exact) mass is 260 g/mol. The van der Waals surface area contributed by atoms with E-state index in [0.717, 1.165) is 13.1 Å². The molecule has 0 saturated heterocycles. The molecular formula is C17H28N2. The van der Waals surface area contributed by atoms with Gasteiger partial charge in [-0.3, -0.25) is 0 Å². The van der Waals surface area contributed by atoms with Crippen molar-refractivity contribution in [1.82, 2.24) is 5.32 Å². The predicted octanol–water partition coefficient (Wildman–Crippen LogP) is 3.79. The van der Waals surface area contributed by atoms with Crippen LogP contribution in [-0.2, 0) is 0 Å². The van der Waals surface area contributed by atoms with Gasteiger partial charge in [-0.1, -0.05) is 44.6 Å². The predicted molar refractivity (Wildman–Crippen MR) is 86.7 cm³/mol. The molecule has 0 aliphatic rings. The van der Waals surface area contributed by atoms with Gasteiger partial charge in [-0.2, -0.15) is 0 Å². The second-order valence-corrected chi connectivity index (χ2v) is 5.54. The fraction of sp³-hybridized carbons (Fsp3) is 0.529. The van der Waals surface area contributed by atoms with Crippen LogP contribution in [0.1, 0.15) is 32.8 Å². The van der Waals surface area contributed by atoms with E-state index >= 15 is 0 Å². The van der Waals surface area contributed by atoms with Gasteiger partial charge in [0.1, 0.15) is 0 Å². The molecule has 1 N–H and O–H groups in total. The molecule has 0 amide bonds. The van der Waals surface area contributed by atoms with Crippen LogP contribution in [0.25, 0.3) is 6.08 Å². The second-order valence-electron chi connectivity index (χ2n) is 5.54. The number of hydrogen-bond acceptors (Lipinski definition) is 2. The Labute approximate surface area is 118 Å². The molecule has 1 aromatic carbocycles. The molecule has 0 fully saturated rings. The van der Waals surface area contributed by atoms with Crippen molar-refractivity contribution in [3.05, 3.63) is 35.4 Å². The highest BCUT2D eigenvalue weighted by atomic mass is 15.1. The Kier molecular flexibility index (Phi) is 6.65. The first kappa shape index (κ1) is 15.8. The van der Waals surface area contributed by atoms with Crippen LogP contribution in [-0.4, -0.2) is 27.2 Å². The summed E-state index contributed by atoms with van der Waals surface area (Å²) in [6.07, 6.45) is 3.50. The molecule has 2 nitrogen and oxygen atoms in total. The van der Waals surface area contributed by atoms with Crippen LogP contribution in [0.5, 0.6) is 0 Å². The summed E-state index contributed by atoms with van der Waals surface area (Å²) in [4.78, 5) is 2.12. The molecule has 0 aliphatic heterocycles. The third-order valence-electron chi connectivity index (χ3n) is 3.26. The minimum Gasteiger partial charge on any atom is -0.378 e. The highest BCUT2D eigenvalue weighted by Gasteiger charge is 2.03. The molecule has 106 valence electrons. The maximum absolute atomic E-state index is 3.49. The van der Waals surface area contributed by atoms with E-state index in [1.165, 1.54) is 23.2 Å². The molecule has 1 rings (SSSR count). The number of nitrogens with one attached hydrogen (secondary N) is 1. The fourth-order valence-electron chi connectivity index (χ4n) is 1.91. The molecule has 0 spiro atoms. The summed E-state index contributed by atoms with van der Waals surface area (Å²) in [5.74, 6) is 0.581. The molecule has 0 atom stereocenters. The Morgan fingerprint density at radius 2 is 1.84 bits per heavy atom. The summed E-state index contributed by atoms with van der Waals surface area (Å²) in [5, 5.41) is 3.49. The minimum absolute atomic E-state index is 0.581. The number of rotatable bonds is 7. The van der Waals surface area contributed by atoms with Crippen molar-refractivity contribution in [3.63, 3.8) is 0 Å². The summed E-state index contributed by atoms with van der Waals surface area (Å²) in [5.41, 5.74) is 3.99. The molecule has 2 heteroatoms. The van der Waals surface area contributed by atoms with Gasteiger partial charge in [-0.15, -0.1) is 0 Å². The van der Waals surface area contributed by atoms with Crippen LogP contribution in [0.3, 0.4) is 0 Å². The van der Waals surface area contributed by atoms with E-state index in [-0.39, 0.29) is 0 Å². The van der Waals surface area contributed by atoms with E-state index in [2.05, 4.69) is 75.4 Å². The Bertz CT molecular complexity index is 388.